The summed E-state index contributed by atoms with van der Waals surface area (Å²) in [7, 11) is 0. The van der Waals surface area contributed by atoms with Gasteiger partial charge in [-0.25, -0.2) is 14.4 Å². The number of nitrogens with two attached hydrogens (primary N) is 1. The van der Waals surface area contributed by atoms with Crippen LogP contribution in [0.25, 0.3) is 0 Å². The van der Waals surface area contributed by atoms with Crippen LogP contribution >= 0.6 is 0 Å². The van der Waals surface area contributed by atoms with E-state index in [9.17, 15) is 14.0 Å². The normalized spacial score (nSPS) is 14.8. The van der Waals surface area contributed by atoms with Crippen molar-refractivity contribution < 1.29 is 9.18 Å². The van der Waals surface area contributed by atoms with Gasteiger partial charge in [-0.15, -0.1) is 0 Å². The monoisotopic (exact) mass is 422 g/mol. The maximum absolute atomic E-state index is 13.1. The molecule has 2 aromatic heterocycles. The summed E-state index contributed by atoms with van der Waals surface area (Å²) in [5.74, 6) is 0.454. The van der Waals surface area contributed by atoms with E-state index < -0.39 is 6.04 Å². The number of amides is 1. The highest BCUT2D eigenvalue weighted by Gasteiger charge is 2.31. The Kier molecular flexibility index (Phi) is 5.66. The van der Waals surface area contributed by atoms with Crippen molar-refractivity contribution in [2.24, 2.45) is 0 Å². The second-order valence-electron chi connectivity index (χ2n) is 7.50. The fourth-order valence-corrected chi connectivity index (χ4v) is 3.67. The summed E-state index contributed by atoms with van der Waals surface area (Å²) in [6.45, 7) is 2.47. The zero-order valence-corrected chi connectivity index (χ0v) is 17.1. The number of aromatic nitrogens is 3. The van der Waals surface area contributed by atoms with Crippen molar-refractivity contribution in [3.8, 4) is 0 Å². The molecular weight excluding hydrogens is 399 g/mol. The van der Waals surface area contributed by atoms with E-state index in [-0.39, 0.29) is 17.3 Å². The molecule has 0 saturated carbocycles. The van der Waals surface area contributed by atoms with Gasteiger partial charge >= 0.3 is 0 Å². The average Bonchev–Trinajstić information content (AvgIpc) is 3.19. The van der Waals surface area contributed by atoms with Gasteiger partial charge in [0.2, 0.25) is 5.91 Å². The fraction of sp³-hybridized carbons (Fsp3) is 0.273. The molecular formula is C22H23FN6O2. The van der Waals surface area contributed by atoms with Gasteiger partial charge in [-0.3, -0.25) is 14.2 Å². The van der Waals surface area contributed by atoms with Crippen molar-refractivity contribution in [3.63, 3.8) is 0 Å². The number of anilines is 2. The summed E-state index contributed by atoms with van der Waals surface area (Å²) in [5, 5.41) is 5.93. The Morgan fingerprint density at radius 2 is 2.00 bits per heavy atom. The largest absolute Gasteiger partial charge is 0.384 e. The number of hydrogen-bond donors (Lipinski definition) is 3. The first-order chi connectivity index (χ1) is 14.9. The zero-order chi connectivity index (χ0) is 22.0. The molecule has 0 saturated heterocycles. The molecule has 0 bridgehead atoms. The SMILES string of the molecule is Cc1nc(N)ccc1CNC(=O)C1CCc2ncc(NCc3ccc(F)cc3)c(=O)n21. The Bertz CT molecular complexity index is 1180. The molecule has 0 fully saturated rings. The third-order valence-electron chi connectivity index (χ3n) is 5.39. The first-order valence-electron chi connectivity index (χ1n) is 10.0. The van der Waals surface area contributed by atoms with Crippen molar-refractivity contribution in [2.45, 2.75) is 38.9 Å². The molecule has 3 aromatic rings. The molecule has 1 unspecified atom stereocenters. The highest BCUT2D eigenvalue weighted by molar-refractivity contribution is 5.81. The van der Waals surface area contributed by atoms with Crippen LogP contribution in [-0.2, 0) is 24.3 Å². The number of nitrogens with zero attached hydrogens (tertiary/aromatic N) is 3. The number of aryl methyl sites for hydroxylation is 2. The number of carbonyl (C=O) groups is 1. The Morgan fingerprint density at radius 3 is 2.74 bits per heavy atom. The lowest BCUT2D eigenvalue weighted by atomic mass is 10.1. The Hall–Kier alpha value is -3.75. The van der Waals surface area contributed by atoms with Gasteiger partial charge in [0.05, 0.1) is 6.20 Å². The van der Waals surface area contributed by atoms with Gasteiger partial charge in [-0.1, -0.05) is 18.2 Å². The zero-order valence-electron chi connectivity index (χ0n) is 17.1. The number of fused-ring (bicyclic) bond motifs is 1. The van der Waals surface area contributed by atoms with Crippen LogP contribution in [0.3, 0.4) is 0 Å². The Labute approximate surface area is 178 Å². The smallest absolute Gasteiger partial charge is 0.277 e. The van der Waals surface area contributed by atoms with Crippen LogP contribution in [0.1, 0.15) is 35.1 Å². The summed E-state index contributed by atoms with van der Waals surface area (Å²) in [4.78, 5) is 34.4. The van der Waals surface area contributed by atoms with Crippen molar-refractivity contribution >= 4 is 17.4 Å². The van der Waals surface area contributed by atoms with Gasteiger partial charge in [0.1, 0.15) is 29.2 Å². The van der Waals surface area contributed by atoms with Crippen LogP contribution in [-0.4, -0.2) is 20.4 Å². The van der Waals surface area contributed by atoms with E-state index in [1.807, 2.05) is 13.0 Å². The number of nitrogen functional groups attached to an aromatic ring is 1. The van der Waals surface area contributed by atoms with Crippen LogP contribution in [0, 0.1) is 12.7 Å². The number of pyridine rings is 1. The lowest BCUT2D eigenvalue weighted by Crippen LogP contribution is -2.36. The lowest BCUT2D eigenvalue weighted by molar-refractivity contribution is -0.124. The molecule has 31 heavy (non-hydrogen) atoms. The number of rotatable bonds is 6. The van der Waals surface area contributed by atoms with Gasteiger partial charge in [-0.2, -0.15) is 0 Å². The number of halogens is 1. The van der Waals surface area contributed by atoms with E-state index in [0.717, 1.165) is 16.8 Å². The molecule has 4 rings (SSSR count). The van der Waals surface area contributed by atoms with Crippen molar-refractivity contribution in [3.05, 3.63) is 81.4 Å². The molecule has 1 aliphatic rings. The molecule has 3 heterocycles. The second-order valence-corrected chi connectivity index (χ2v) is 7.50. The van der Waals surface area contributed by atoms with Crippen LogP contribution < -0.4 is 21.9 Å². The third-order valence-corrected chi connectivity index (χ3v) is 5.39. The summed E-state index contributed by atoms with van der Waals surface area (Å²) in [6, 6.07) is 8.91. The molecule has 0 spiro atoms. The molecule has 1 aromatic carbocycles. The number of nitrogens with one attached hydrogen (secondary N) is 2. The van der Waals surface area contributed by atoms with Crippen LogP contribution in [0.15, 0.2) is 47.4 Å². The van der Waals surface area contributed by atoms with Crippen LogP contribution in [0.5, 0.6) is 0 Å². The quantitative estimate of drug-likeness (QED) is 0.560. The summed E-state index contributed by atoms with van der Waals surface area (Å²) < 4.78 is 14.5. The molecule has 1 atom stereocenters. The van der Waals surface area contributed by atoms with Crippen molar-refractivity contribution in [1.82, 2.24) is 19.9 Å². The predicted octanol–water partition coefficient (Wildman–Crippen LogP) is 2.08. The predicted molar refractivity (Wildman–Crippen MR) is 115 cm³/mol. The van der Waals surface area contributed by atoms with E-state index in [1.54, 1.807) is 18.2 Å². The van der Waals surface area contributed by atoms with Gasteiger partial charge in [-0.05, 0) is 42.7 Å². The number of hydrogen-bond acceptors (Lipinski definition) is 6. The Balaban J connectivity index is 1.47. The van der Waals surface area contributed by atoms with Gasteiger partial charge < -0.3 is 16.4 Å². The maximum atomic E-state index is 13.1. The van der Waals surface area contributed by atoms with Crippen molar-refractivity contribution in [1.29, 1.82) is 0 Å². The van der Waals surface area contributed by atoms with Crippen LogP contribution in [0.2, 0.25) is 0 Å². The fourth-order valence-electron chi connectivity index (χ4n) is 3.67. The lowest BCUT2D eigenvalue weighted by Gasteiger charge is -2.16. The van der Waals surface area contributed by atoms with Crippen molar-refractivity contribution in [2.75, 3.05) is 11.1 Å². The topological polar surface area (TPSA) is 115 Å². The maximum Gasteiger partial charge on any atom is 0.277 e. The number of carbonyl (C=O) groups excluding carboxylic acids is 1. The summed E-state index contributed by atoms with van der Waals surface area (Å²) in [6.07, 6.45) is 2.55. The third kappa shape index (κ3) is 4.40. The molecule has 1 amide bonds. The molecule has 160 valence electrons. The van der Waals surface area contributed by atoms with E-state index in [4.69, 9.17) is 5.73 Å². The molecule has 0 radical (unpaired) electrons. The molecule has 9 heteroatoms. The molecule has 4 N–H and O–H groups in total. The molecule has 1 aliphatic heterocycles. The first kappa shape index (κ1) is 20.5. The van der Waals surface area contributed by atoms with Gasteiger partial charge in [0.25, 0.3) is 5.56 Å². The van der Waals surface area contributed by atoms with E-state index in [2.05, 4.69) is 20.6 Å². The summed E-state index contributed by atoms with van der Waals surface area (Å²) >= 11 is 0. The van der Waals surface area contributed by atoms with Crippen LogP contribution in [0.4, 0.5) is 15.9 Å². The highest BCUT2D eigenvalue weighted by Crippen LogP contribution is 2.23. The second kappa shape index (κ2) is 8.55. The van der Waals surface area contributed by atoms with E-state index in [0.29, 0.717) is 43.3 Å². The van der Waals surface area contributed by atoms with E-state index in [1.165, 1.54) is 22.9 Å². The van der Waals surface area contributed by atoms with Gasteiger partial charge in [0, 0.05) is 25.2 Å². The minimum absolute atomic E-state index is 0.241. The first-order valence-corrected chi connectivity index (χ1v) is 10.0. The van der Waals surface area contributed by atoms with Gasteiger partial charge in [0.15, 0.2) is 0 Å². The highest BCUT2D eigenvalue weighted by atomic mass is 19.1. The minimum Gasteiger partial charge on any atom is -0.384 e. The molecule has 0 aliphatic carbocycles. The average molecular weight is 422 g/mol. The number of benzene rings is 1. The van der Waals surface area contributed by atoms with E-state index >= 15 is 0 Å². The summed E-state index contributed by atoms with van der Waals surface area (Å²) in [5.41, 5.74) is 8.11. The standard InChI is InChI=1S/C22H23FN6O2/c1-13-15(4-8-19(24)28-13)11-27-21(30)18-7-9-20-26-12-17(22(31)29(18)20)25-10-14-2-5-16(23)6-3-14/h2-6,8,12,18,25H,7,9-11H2,1H3,(H2,24,28)(H,27,30). The Morgan fingerprint density at radius 1 is 1.23 bits per heavy atom. The minimum atomic E-state index is -0.621. The molecule has 8 nitrogen and oxygen atoms in total.